The van der Waals surface area contributed by atoms with Crippen LogP contribution in [0.5, 0.6) is 23.0 Å². The Kier molecular flexibility index (Phi) is 3.18. The van der Waals surface area contributed by atoms with Gasteiger partial charge in [-0.25, -0.2) is 0 Å². The summed E-state index contributed by atoms with van der Waals surface area (Å²) in [5.41, 5.74) is 2.67. The van der Waals surface area contributed by atoms with E-state index in [9.17, 15) is 0 Å². The Morgan fingerprint density at radius 1 is 0.960 bits per heavy atom. The van der Waals surface area contributed by atoms with Gasteiger partial charge < -0.3 is 18.9 Å². The second-order valence-electron chi connectivity index (χ2n) is 6.60. The zero-order valence-corrected chi connectivity index (χ0v) is 14.3. The fourth-order valence-electron chi connectivity index (χ4n) is 4.06. The molecule has 2 unspecified atom stereocenters. The number of benzene rings is 2. The van der Waals surface area contributed by atoms with Crippen molar-refractivity contribution < 1.29 is 23.8 Å². The number of fused-ring (bicyclic) bond motifs is 5. The molecule has 3 heterocycles. The topological polar surface area (TPSA) is 41.4 Å². The second kappa shape index (κ2) is 5.43. The molecule has 5 heteroatoms. The van der Waals surface area contributed by atoms with E-state index in [0.29, 0.717) is 6.79 Å². The number of hydrogen-bond acceptors (Lipinski definition) is 4. The van der Waals surface area contributed by atoms with Gasteiger partial charge in [-0.05, 0) is 41.1 Å². The van der Waals surface area contributed by atoms with E-state index in [-0.39, 0.29) is 6.04 Å². The molecule has 0 fully saturated rings. The molecule has 0 radical (unpaired) electrons. The van der Waals surface area contributed by atoms with E-state index in [1.54, 1.807) is 14.2 Å². The van der Waals surface area contributed by atoms with E-state index in [1.807, 2.05) is 0 Å². The molecule has 0 saturated heterocycles. The van der Waals surface area contributed by atoms with Gasteiger partial charge in [-0.1, -0.05) is 0 Å². The molecule has 0 spiro atoms. The molecule has 0 aromatic heterocycles. The summed E-state index contributed by atoms with van der Waals surface area (Å²) in [6.45, 7) is 1.37. The van der Waals surface area contributed by atoms with Gasteiger partial charge in [-0.3, -0.25) is 4.90 Å². The molecular weight excluding hydrogens is 318 g/mol. The normalized spacial score (nSPS) is 22.0. The third-order valence-electron chi connectivity index (χ3n) is 5.33. The molecular formula is C20H20NO4+. The Labute approximate surface area is 145 Å². The Hall–Kier alpha value is -2.66. The van der Waals surface area contributed by atoms with E-state index in [0.717, 1.165) is 36.0 Å². The Balaban J connectivity index is 1.67. The Morgan fingerprint density at radius 3 is 2.44 bits per heavy atom. The zero-order chi connectivity index (χ0) is 17.0. The first kappa shape index (κ1) is 14.7. The number of rotatable bonds is 2. The molecule has 5 rings (SSSR count). The molecule has 0 amide bonds. The molecule has 128 valence electrons. The minimum Gasteiger partial charge on any atom is -0.493 e. The summed E-state index contributed by atoms with van der Waals surface area (Å²) in [5, 5.41) is 2.37. The monoisotopic (exact) mass is 338 g/mol. The lowest BCUT2D eigenvalue weighted by Crippen LogP contribution is -3.09. The third-order valence-corrected chi connectivity index (χ3v) is 5.33. The summed E-state index contributed by atoms with van der Waals surface area (Å²) in [6.07, 6.45) is 5.66. The molecule has 0 aliphatic carbocycles. The van der Waals surface area contributed by atoms with Crippen LogP contribution in [0.25, 0.3) is 12.3 Å². The fraction of sp³-hybridized carbons (Fsp3) is 0.300. The van der Waals surface area contributed by atoms with Crippen LogP contribution in [0.3, 0.4) is 0 Å². The highest BCUT2D eigenvalue weighted by molar-refractivity contribution is 5.55. The Morgan fingerprint density at radius 2 is 1.68 bits per heavy atom. The number of ether oxygens (including phenoxy) is 4. The Bertz CT molecular complexity index is 982. The van der Waals surface area contributed by atoms with E-state index < -0.39 is 0 Å². The lowest BCUT2D eigenvalue weighted by molar-refractivity contribution is -0.844. The van der Waals surface area contributed by atoms with Crippen molar-refractivity contribution >= 4 is 12.3 Å². The van der Waals surface area contributed by atoms with Gasteiger partial charge in [0.1, 0.15) is 12.2 Å². The van der Waals surface area contributed by atoms with Crippen LogP contribution in [-0.4, -0.2) is 27.6 Å². The molecule has 3 aliphatic heterocycles. The predicted octanol–water partition coefficient (Wildman–Crippen LogP) is 0.147. The first-order valence-electron chi connectivity index (χ1n) is 8.50. The van der Waals surface area contributed by atoms with Gasteiger partial charge in [-0.2, -0.15) is 0 Å². The first-order valence-corrected chi connectivity index (χ1v) is 8.50. The maximum atomic E-state index is 5.59. The van der Waals surface area contributed by atoms with Crippen LogP contribution >= 0.6 is 0 Å². The van der Waals surface area contributed by atoms with E-state index in [1.165, 1.54) is 26.5 Å². The summed E-state index contributed by atoms with van der Waals surface area (Å²) < 4.78 is 22.0. The van der Waals surface area contributed by atoms with Gasteiger partial charge in [0, 0.05) is 17.2 Å². The molecule has 2 aromatic rings. The number of quaternary nitrogens is 1. The van der Waals surface area contributed by atoms with Gasteiger partial charge in [0.2, 0.25) is 6.79 Å². The molecule has 2 aromatic carbocycles. The van der Waals surface area contributed by atoms with Gasteiger partial charge in [0.15, 0.2) is 23.0 Å². The highest BCUT2D eigenvalue weighted by Crippen LogP contribution is 2.37. The molecule has 3 aliphatic rings. The average Bonchev–Trinajstić information content (AvgIpc) is 3.11. The smallest absolute Gasteiger partial charge is 0.231 e. The molecule has 0 saturated carbocycles. The molecule has 0 bridgehead atoms. The van der Waals surface area contributed by atoms with E-state index >= 15 is 0 Å². The summed E-state index contributed by atoms with van der Waals surface area (Å²) in [5.74, 6) is 3.25. The summed E-state index contributed by atoms with van der Waals surface area (Å²) in [7, 11) is 3.34. The van der Waals surface area contributed by atoms with E-state index in [2.05, 4.69) is 36.5 Å². The minimum absolute atomic E-state index is 0.281. The van der Waals surface area contributed by atoms with Crippen LogP contribution in [0.15, 0.2) is 24.3 Å². The maximum absolute atomic E-state index is 5.59. The quantitative estimate of drug-likeness (QED) is 0.846. The van der Waals surface area contributed by atoms with Gasteiger partial charge >= 0.3 is 0 Å². The lowest BCUT2D eigenvalue weighted by Gasteiger charge is -2.32. The van der Waals surface area contributed by atoms with Crippen LogP contribution < -0.4 is 34.3 Å². The number of methoxy groups -OCH3 is 2. The van der Waals surface area contributed by atoms with Gasteiger partial charge in [0.05, 0.1) is 20.8 Å². The number of nitrogens with one attached hydrogen (secondary N) is 1. The highest BCUT2D eigenvalue weighted by atomic mass is 16.7. The van der Waals surface area contributed by atoms with Gasteiger partial charge in [0.25, 0.3) is 0 Å². The second-order valence-corrected chi connectivity index (χ2v) is 6.60. The summed E-state index contributed by atoms with van der Waals surface area (Å²) >= 11 is 0. The van der Waals surface area contributed by atoms with Crippen molar-refractivity contribution in [2.24, 2.45) is 0 Å². The maximum Gasteiger partial charge on any atom is 0.231 e. The minimum atomic E-state index is 0.281. The highest BCUT2D eigenvalue weighted by Gasteiger charge is 2.32. The van der Waals surface area contributed by atoms with Crippen molar-refractivity contribution in [2.45, 2.75) is 12.5 Å². The SMILES string of the molecule is COc1cc2c(cc1OC)=C[NH+]1CCc3cc4c(cc3C1C=2)OCO4. The fourth-order valence-corrected chi connectivity index (χ4v) is 4.06. The van der Waals surface area contributed by atoms with E-state index in [4.69, 9.17) is 18.9 Å². The van der Waals surface area contributed by atoms with Crippen molar-refractivity contribution in [1.82, 2.24) is 0 Å². The van der Waals surface area contributed by atoms with Crippen LogP contribution in [0.1, 0.15) is 17.2 Å². The molecule has 25 heavy (non-hydrogen) atoms. The standard InChI is InChI=1S/C20H19NO4/c1-22-17-7-13-5-16-15-9-20-19(24-11-25-20)6-12(15)3-4-21(16)10-14(13)8-18(17)23-2/h5-10,16H,3-4,11H2,1-2H3/p+1. The lowest BCUT2D eigenvalue weighted by atomic mass is 9.90. The van der Waals surface area contributed by atoms with Crippen molar-refractivity contribution in [3.63, 3.8) is 0 Å². The molecule has 5 nitrogen and oxygen atoms in total. The summed E-state index contributed by atoms with van der Waals surface area (Å²) in [6, 6.07) is 8.69. The van der Waals surface area contributed by atoms with Crippen molar-refractivity contribution in [3.8, 4) is 23.0 Å². The average molecular weight is 338 g/mol. The predicted molar refractivity (Wildman–Crippen MR) is 92.6 cm³/mol. The van der Waals surface area contributed by atoms with Crippen LogP contribution in [0, 0.1) is 0 Å². The molecule has 2 atom stereocenters. The first-order chi connectivity index (χ1) is 12.3. The summed E-state index contributed by atoms with van der Waals surface area (Å²) in [4.78, 5) is 1.44. The van der Waals surface area contributed by atoms with Gasteiger partial charge in [-0.15, -0.1) is 0 Å². The molecule has 1 N–H and O–H groups in total. The zero-order valence-electron chi connectivity index (χ0n) is 14.3. The third kappa shape index (κ3) is 2.19. The van der Waals surface area contributed by atoms with Crippen molar-refractivity contribution in [2.75, 3.05) is 27.6 Å². The van der Waals surface area contributed by atoms with Crippen LogP contribution in [0.4, 0.5) is 0 Å². The number of hydrogen-bond donors (Lipinski definition) is 1. The largest absolute Gasteiger partial charge is 0.493 e. The van der Waals surface area contributed by atoms with Crippen molar-refractivity contribution in [1.29, 1.82) is 0 Å². The van der Waals surface area contributed by atoms with Crippen molar-refractivity contribution in [3.05, 3.63) is 45.8 Å². The van der Waals surface area contributed by atoms with Crippen LogP contribution in [-0.2, 0) is 6.42 Å². The van der Waals surface area contributed by atoms with Crippen LogP contribution in [0.2, 0.25) is 0 Å².